The fourth-order valence-corrected chi connectivity index (χ4v) is 1.18. The number of rotatable bonds is 3. The van der Waals surface area contributed by atoms with Crippen molar-refractivity contribution in [2.24, 2.45) is 0 Å². The Hall–Kier alpha value is -1.96. The molecule has 0 spiro atoms. The Kier molecular flexibility index (Phi) is 3.34. The Bertz CT molecular complexity index is 424. The van der Waals surface area contributed by atoms with E-state index in [1.54, 1.807) is 13.0 Å². The molecule has 0 atom stereocenters. The topological polar surface area (TPSA) is 50.1 Å². The van der Waals surface area contributed by atoms with Gasteiger partial charge in [-0.2, -0.15) is 14.0 Å². The van der Waals surface area contributed by atoms with Crippen LogP contribution in [0.15, 0.2) is 12.1 Å². The minimum absolute atomic E-state index is 0.0147. The highest BCUT2D eigenvalue weighted by Gasteiger charge is 2.13. The molecule has 0 fully saturated rings. The van der Waals surface area contributed by atoms with E-state index in [1.165, 1.54) is 6.07 Å². The summed E-state index contributed by atoms with van der Waals surface area (Å²) in [5.74, 6) is -0.269. The molecule has 0 heterocycles. The maximum Gasteiger partial charge on any atom is 0.387 e. The van der Waals surface area contributed by atoms with E-state index < -0.39 is 6.61 Å². The summed E-state index contributed by atoms with van der Waals surface area (Å²) >= 11 is 0. The summed E-state index contributed by atoms with van der Waals surface area (Å²) in [6, 6.07) is 4.30. The Morgan fingerprint density at radius 3 is 2.67 bits per heavy atom. The highest BCUT2D eigenvalue weighted by molar-refractivity contribution is 5.77. The third kappa shape index (κ3) is 2.50. The van der Waals surface area contributed by atoms with Gasteiger partial charge < -0.3 is 4.74 Å². The first-order valence-electron chi connectivity index (χ1n) is 4.03. The average molecular weight is 211 g/mol. The lowest BCUT2D eigenvalue weighted by atomic mass is 10.1. The highest BCUT2D eigenvalue weighted by atomic mass is 19.3. The first kappa shape index (κ1) is 11.1. The number of ether oxygens (including phenoxy) is 1. The standard InChI is InChI=1S/C10H7F2NO2/c1-6-2-7(5-14)3-9(8(6)4-13)15-10(11)12/h2-3,5,10H,1H3. The number of hydrogen-bond donors (Lipinski definition) is 0. The molecule has 1 aromatic carbocycles. The molecule has 0 aliphatic heterocycles. The Labute approximate surface area is 84.9 Å². The molecule has 78 valence electrons. The van der Waals surface area contributed by atoms with Crippen LogP contribution < -0.4 is 4.74 Å². The van der Waals surface area contributed by atoms with Crippen LogP contribution in [0, 0.1) is 18.3 Å². The summed E-state index contributed by atoms with van der Waals surface area (Å²) in [5.41, 5.74) is 0.640. The molecular formula is C10H7F2NO2. The lowest BCUT2D eigenvalue weighted by molar-refractivity contribution is -0.0500. The number of nitriles is 1. The zero-order chi connectivity index (χ0) is 11.4. The third-order valence-corrected chi connectivity index (χ3v) is 1.79. The Balaban J connectivity index is 3.27. The lowest BCUT2D eigenvalue weighted by Gasteiger charge is -2.08. The minimum Gasteiger partial charge on any atom is -0.433 e. The normalized spacial score (nSPS) is 9.80. The molecule has 0 aromatic heterocycles. The molecule has 0 aliphatic carbocycles. The van der Waals surface area contributed by atoms with Crippen LogP contribution >= 0.6 is 0 Å². The Morgan fingerprint density at radius 2 is 2.20 bits per heavy atom. The number of carbonyl (C=O) groups is 1. The lowest BCUT2D eigenvalue weighted by Crippen LogP contribution is -2.05. The van der Waals surface area contributed by atoms with E-state index in [2.05, 4.69) is 4.74 Å². The van der Waals surface area contributed by atoms with E-state index in [9.17, 15) is 13.6 Å². The quantitative estimate of drug-likeness (QED) is 0.720. The van der Waals surface area contributed by atoms with Gasteiger partial charge in [-0.1, -0.05) is 0 Å². The molecule has 5 heteroatoms. The van der Waals surface area contributed by atoms with Crippen molar-refractivity contribution in [3.05, 3.63) is 28.8 Å². The van der Waals surface area contributed by atoms with Crippen LogP contribution in [0.5, 0.6) is 5.75 Å². The monoisotopic (exact) mass is 211 g/mol. The van der Waals surface area contributed by atoms with Crippen molar-refractivity contribution in [1.82, 2.24) is 0 Å². The second kappa shape index (κ2) is 4.51. The molecule has 0 aliphatic rings. The number of aryl methyl sites for hydroxylation is 1. The number of nitrogens with zero attached hydrogens (tertiary/aromatic N) is 1. The molecule has 0 saturated heterocycles. The molecule has 0 N–H and O–H groups in total. The van der Waals surface area contributed by atoms with Crippen molar-refractivity contribution in [2.75, 3.05) is 0 Å². The SMILES string of the molecule is Cc1cc(C=O)cc(OC(F)F)c1C#N. The van der Waals surface area contributed by atoms with E-state index in [0.717, 1.165) is 6.07 Å². The first-order valence-corrected chi connectivity index (χ1v) is 4.03. The summed E-state index contributed by atoms with van der Waals surface area (Å²) in [6.07, 6.45) is 0.506. The molecule has 1 aromatic rings. The van der Waals surface area contributed by atoms with Crippen LogP contribution in [-0.2, 0) is 0 Å². The van der Waals surface area contributed by atoms with Crippen molar-refractivity contribution < 1.29 is 18.3 Å². The number of halogens is 2. The average Bonchev–Trinajstić information content (AvgIpc) is 2.16. The molecule has 0 saturated carbocycles. The van der Waals surface area contributed by atoms with Crippen LogP contribution in [0.4, 0.5) is 8.78 Å². The van der Waals surface area contributed by atoms with Crippen LogP contribution in [-0.4, -0.2) is 12.9 Å². The zero-order valence-corrected chi connectivity index (χ0v) is 7.83. The number of aldehydes is 1. The van der Waals surface area contributed by atoms with Crippen LogP contribution in [0.25, 0.3) is 0 Å². The van der Waals surface area contributed by atoms with Gasteiger partial charge in [0.2, 0.25) is 0 Å². The number of alkyl halides is 2. The third-order valence-electron chi connectivity index (χ3n) is 1.79. The van der Waals surface area contributed by atoms with Crippen LogP contribution in [0.2, 0.25) is 0 Å². The molecular weight excluding hydrogens is 204 g/mol. The van der Waals surface area contributed by atoms with Crippen molar-refractivity contribution in [2.45, 2.75) is 13.5 Å². The van der Waals surface area contributed by atoms with E-state index in [0.29, 0.717) is 11.8 Å². The minimum atomic E-state index is -3.02. The summed E-state index contributed by atoms with van der Waals surface area (Å²) in [6.45, 7) is -1.47. The van der Waals surface area contributed by atoms with E-state index in [4.69, 9.17) is 5.26 Å². The maximum absolute atomic E-state index is 12.0. The van der Waals surface area contributed by atoms with Gasteiger partial charge in [0.15, 0.2) is 0 Å². The summed E-state index contributed by atoms with van der Waals surface area (Å²) < 4.78 is 28.1. The number of hydrogen-bond acceptors (Lipinski definition) is 3. The second-order valence-corrected chi connectivity index (χ2v) is 2.82. The van der Waals surface area contributed by atoms with Crippen molar-refractivity contribution in [1.29, 1.82) is 5.26 Å². The molecule has 3 nitrogen and oxygen atoms in total. The second-order valence-electron chi connectivity index (χ2n) is 2.82. The fourth-order valence-electron chi connectivity index (χ4n) is 1.18. The van der Waals surface area contributed by atoms with E-state index >= 15 is 0 Å². The summed E-state index contributed by atoms with van der Waals surface area (Å²) in [5, 5.41) is 8.71. The van der Waals surface area contributed by atoms with Gasteiger partial charge >= 0.3 is 6.61 Å². The maximum atomic E-state index is 12.0. The number of carbonyl (C=O) groups excluding carboxylic acids is 1. The van der Waals surface area contributed by atoms with E-state index in [1.807, 2.05) is 0 Å². The molecule has 0 unspecified atom stereocenters. The molecule has 0 bridgehead atoms. The fraction of sp³-hybridized carbons (Fsp3) is 0.200. The van der Waals surface area contributed by atoms with Gasteiger partial charge in [-0.25, -0.2) is 0 Å². The smallest absolute Gasteiger partial charge is 0.387 e. The summed E-state index contributed by atoms with van der Waals surface area (Å²) in [7, 11) is 0. The van der Waals surface area contributed by atoms with Crippen molar-refractivity contribution >= 4 is 6.29 Å². The Morgan fingerprint density at radius 1 is 1.53 bits per heavy atom. The van der Waals surface area contributed by atoms with Gasteiger partial charge in [-0.15, -0.1) is 0 Å². The number of benzene rings is 1. The van der Waals surface area contributed by atoms with Crippen molar-refractivity contribution in [3.63, 3.8) is 0 Å². The van der Waals surface area contributed by atoms with Gasteiger partial charge in [-0.05, 0) is 24.6 Å². The molecule has 0 amide bonds. The highest BCUT2D eigenvalue weighted by Crippen LogP contribution is 2.24. The first-order chi connectivity index (χ1) is 7.08. The molecule has 15 heavy (non-hydrogen) atoms. The van der Waals surface area contributed by atoms with Gasteiger partial charge in [0, 0.05) is 5.56 Å². The van der Waals surface area contributed by atoms with E-state index in [-0.39, 0.29) is 16.9 Å². The van der Waals surface area contributed by atoms with Gasteiger partial charge in [0.25, 0.3) is 0 Å². The van der Waals surface area contributed by atoms with Gasteiger partial charge in [0.1, 0.15) is 18.1 Å². The van der Waals surface area contributed by atoms with Crippen LogP contribution in [0.3, 0.4) is 0 Å². The van der Waals surface area contributed by atoms with Crippen molar-refractivity contribution in [3.8, 4) is 11.8 Å². The van der Waals surface area contributed by atoms with Crippen LogP contribution in [0.1, 0.15) is 21.5 Å². The van der Waals surface area contributed by atoms with Gasteiger partial charge in [-0.3, -0.25) is 4.79 Å². The predicted molar refractivity (Wildman–Crippen MR) is 47.9 cm³/mol. The predicted octanol–water partition coefficient (Wildman–Crippen LogP) is 2.28. The zero-order valence-electron chi connectivity index (χ0n) is 7.83. The molecule has 1 rings (SSSR count). The molecule has 0 radical (unpaired) electrons. The van der Waals surface area contributed by atoms with Gasteiger partial charge in [0.05, 0.1) is 5.56 Å². The largest absolute Gasteiger partial charge is 0.433 e. The summed E-state index contributed by atoms with van der Waals surface area (Å²) in [4.78, 5) is 10.5.